The average Bonchev–Trinajstić information content (AvgIpc) is 2.70. The summed E-state index contributed by atoms with van der Waals surface area (Å²) in [6.45, 7) is 0.404. The van der Waals surface area contributed by atoms with Crippen molar-refractivity contribution in [3.63, 3.8) is 0 Å². The zero-order valence-electron chi connectivity index (χ0n) is 7.71. The van der Waals surface area contributed by atoms with Crippen molar-refractivity contribution in [2.45, 2.75) is 6.54 Å². The van der Waals surface area contributed by atoms with Crippen LogP contribution < -0.4 is 5.73 Å². The summed E-state index contributed by atoms with van der Waals surface area (Å²) in [6, 6.07) is 5.49. The first-order valence-electron chi connectivity index (χ1n) is 4.32. The molecule has 1 aromatic heterocycles. The molecule has 0 atom stereocenters. The van der Waals surface area contributed by atoms with E-state index in [1.165, 1.54) is 17.6 Å². The van der Waals surface area contributed by atoms with Crippen molar-refractivity contribution in [2.75, 3.05) is 0 Å². The Bertz CT molecular complexity index is 482. The molecule has 0 spiro atoms. The number of benzene rings is 1. The Kier molecular flexibility index (Phi) is 2.75. The van der Waals surface area contributed by atoms with E-state index in [1.54, 1.807) is 6.07 Å². The van der Waals surface area contributed by atoms with Gasteiger partial charge in [0.2, 0.25) is 0 Å². The van der Waals surface area contributed by atoms with Crippen LogP contribution in [-0.4, -0.2) is 4.37 Å². The average molecular weight is 226 g/mol. The number of rotatable bonds is 2. The van der Waals surface area contributed by atoms with Gasteiger partial charge in [0.05, 0.1) is 5.69 Å². The molecule has 0 aliphatic rings. The second kappa shape index (κ2) is 4.04. The minimum Gasteiger partial charge on any atom is -0.326 e. The van der Waals surface area contributed by atoms with E-state index >= 15 is 0 Å². The second-order valence-corrected chi connectivity index (χ2v) is 3.90. The number of hydrogen-bond acceptors (Lipinski definition) is 3. The summed E-state index contributed by atoms with van der Waals surface area (Å²) in [5.41, 5.74) is 6.62. The molecule has 0 saturated heterocycles. The lowest BCUT2D eigenvalue weighted by molar-refractivity contribution is 0.509. The maximum Gasteiger partial charge on any atom is 0.159 e. The Morgan fingerprint density at radius 2 is 2.00 bits per heavy atom. The van der Waals surface area contributed by atoms with Crippen molar-refractivity contribution < 1.29 is 8.78 Å². The summed E-state index contributed by atoms with van der Waals surface area (Å²) in [5.74, 6) is -1.72. The number of nitrogens with two attached hydrogens (primary N) is 1. The maximum absolute atomic E-state index is 12.9. The molecule has 0 fully saturated rings. The molecular weight excluding hydrogens is 218 g/mol. The zero-order valence-corrected chi connectivity index (χ0v) is 8.52. The number of hydrogen-bond donors (Lipinski definition) is 1. The molecule has 2 aromatic rings. The molecule has 0 saturated carbocycles. The molecule has 0 unspecified atom stereocenters. The van der Waals surface area contributed by atoms with Crippen LogP contribution in [0.1, 0.15) is 4.88 Å². The minimum atomic E-state index is -0.866. The summed E-state index contributed by atoms with van der Waals surface area (Å²) in [6.07, 6.45) is 0. The van der Waals surface area contributed by atoms with Gasteiger partial charge < -0.3 is 5.73 Å². The standard InChI is InChI=1S/C10H8F2N2S/c11-8-2-1-6(3-9(8)12)10-4-7(5-13)15-14-10/h1-4H,5,13H2. The van der Waals surface area contributed by atoms with Crippen molar-refractivity contribution in [3.8, 4) is 11.3 Å². The Hall–Kier alpha value is -1.33. The number of nitrogens with zero attached hydrogens (tertiary/aromatic N) is 1. The fourth-order valence-electron chi connectivity index (χ4n) is 1.20. The summed E-state index contributed by atoms with van der Waals surface area (Å²) >= 11 is 1.26. The molecule has 5 heteroatoms. The zero-order chi connectivity index (χ0) is 10.8. The van der Waals surface area contributed by atoms with E-state index in [4.69, 9.17) is 5.73 Å². The highest BCUT2D eigenvalue weighted by molar-refractivity contribution is 7.06. The van der Waals surface area contributed by atoms with Gasteiger partial charge in [-0.15, -0.1) is 0 Å². The van der Waals surface area contributed by atoms with Crippen LogP contribution in [0.15, 0.2) is 24.3 Å². The lowest BCUT2D eigenvalue weighted by Crippen LogP contribution is -1.91. The quantitative estimate of drug-likeness (QED) is 0.854. The van der Waals surface area contributed by atoms with Gasteiger partial charge in [-0.05, 0) is 35.8 Å². The summed E-state index contributed by atoms with van der Waals surface area (Å²) in [5, 5.41) is 0. The first-order valence-corrected chi connectivity index (χ1v) is 5.09. The van der Waals surface area contributed by atoms with Gasteiger partial charge >= 0.3 is 0 Å². The van der Waals surface area contributed by atoms with Crippen LogP contribution in [0.25, 0.3) is 11.3 Å². The minimum absolute atomic E-state index is 0.404. The van der Waals surface area contributed by atoms with Crippen molar-refractivity contribution in [2.24, 2.45) is 5.73 Å². The molecule has 0 aliphatic carbocycles. The molecule has 0 bridgehead atoms. The van der Waals surface area contributed by atoms with Crippen LogP contribution in [0.2, 0.25) is 0 Å². The van der Waals surface area contributed by atoms with Crippen molar-refractivity contribution in [1.82, 2.24) is 4.37 Å². The first kappa shape index (κ1) is 10.2. The van der Waals surface area contributed by atoms with Gasteiger partial charge in [0.1, 0.15) is 0 Å². The van der Waals surface area contributed by atoms with Gasteiger partial charge in [-0.1, -0.05) is 0 Å². The van der Waals surface area contributed by atoms with Gasteiger partial charge in [0.25, 0.3) is 0 Å². The molecule has 2 N–H and O–H groups in total. The van der Waals surface area contributed by atoms with Crippen molar-refractivity contribution >= 4 is 11.5 Å². The van der Waals surface area contributed by atoms with Crippen LogP contribution >= 0.6 is 11.5 Å². The van der Waals surface area contributed by atoms with Crippen LogP contribution in [0.5, 0.6) is 0 Å². The molecule has 1 heterocycles. The topological polar surface area (TPSA) is 38.9 Å². The Morgan fingerprint density at radius 1 is 1.20 bits per heavy atom. The monoisotopic (exact) mass is 226 g/mol. The van der Waals surface area contributed by atoms with E-state index < -0.39 is 11.6 Å². The third kappa shape index (κ3) is 2.03. The van der Waals surface area contributed by atoms with Gasteiger partial charge in [0.15, 0.2) is 11.6 Å². The molecular formula is C10H8F2N2S. The van der Waals surface area contributed by atoms with Gasteiger partial charge in [-0.3, -0.25) is 0 Å². The molecule has 0 amide bonds. The third-order valence-corrected chi connectivity index (χ3v) is 2.78. The van der Waals surface area contributed by atoms with Crippen LogP contribution in [0, 0.1) is 11.6 Å². The smallest absolute Gasteiger partial charge is 0.159 e. The highest BCUT2D eigenvalue weighted by atomic mass is 32.1. The third-order valence-electron chi connectivity index (χ3n) is 1.98. The summed E-state index contributed by atoms with van der Waals surface area (Å²) in [7, 11) is 0. The Morgan fingerprint density at radius 3 is 2.60 bits per heavy atom. The van der Waals surface area contributed by atoms with Crippen LogP contribution in [0.4, 0.5) is 8.78 Å². The fourth-order valence-corrected chi connectivity index (χ4v) is 1.81. The molecule has 0 aliphatic heterocycles. The molecule has 1 aromatic carbocycles. The summed E-state index contributed by atoms with van der Waals surface area (Å²) < 4.78 is 29.7. The molecule has 78 valence electrons. The van der Waals surface area contributed by atoms with Crippen LogP contribution in [-0.2, 0) is 6.54 Å². The van der Waals surface area contributed by atoms with Gasteiger partial charge in [-0.2, -0.15) is 4.37 Å². The molecule has 2 nitrogen and oxygen atoms in total. The van der Waals surface area contributed by atoms with Crippen LogP contribution in [0.3, 0.4) is 0 Å². The lowest BCUT2D eigenvalue weighted by Gasteiger charge is -1.97. The van der Waals surface area contributed by atoms with E-state index in [0.717, 1.165) is 17.0 Å². The SMILES string of the molecule is NCc1cc(-c2ccc(F)c(F)c2)ns1. The number of aromatic nitrogens is 1. The Balaban J connectivity index is 2.40. The van der Waals surface area contributed by atoms with E-state index in [-0.39, 0.29) is 0 Å². The summed E-state index contributed by atoms with van der Waals surface area (Å²) in [4.78, 5) is 0.912. The van der Waals surface area contributed by atoms with Crippen molar-refractivity contribution in [1.29, 1.82) is 0 Å². The van der Waals surface area contributed by atoms with Gasteiger partial charge in [0, 0.05) is 17.0 Å². The molecule has 0 radical (unpaired) electrons. The maximum atomic E-state index is 12.9. The number of halogens is 2. The fraction of sp³-hybridized carbons (Fsp3) is 0.100. The largest absolute Gasteiger partial charge is 0.326 e. The highest BCUT2D eigenvalue weighted by Gasteiger charge is 2.07. The predicted molar refractivity (Wildman–Crippen MR) is 55.4 cm³/mol. The van der Waals surface area contributed by atoms with E-state index in [9.17, 15) is 8.78 Å². The predicted octanol–water partition coefficient (Wildman–Crippen LogP) is 2.55. The van der Waals surface area contributed by atoms with Crippen molar-refractivity contribution in [3.05, 3.63) is 40.8 Å². The highest BCUT2D eigenvalue weighted by Crippen LogP contribution is 2.23. The molecule has 15 heavy (non-hydrogen) atoms. The second-order valence-electron chi connectivity index (χ2n) is 3.01. The van der Waals surface area contributed by atoms with Gasteiger partial charge in [-0.25, -0.2) is 8.78 Å². The van der Waals surface area contributed by atoms with E-state index in [2.05, 4.69) is 4.37 Å². The van der Waals surface area contributed by atoms with E-state index in [1.807, 2.05) is 0 Å². The molecule has 2 rings (SSSR count). The first-order chi connectivity index (χ1) is 7.20. The normalized spacial score (nSPS) is 10.6. The van der Waals surface area contributed by atoms with E-state index in [0.29, 0.717) is 17.8 Å². The Labute approximate surface area is 89.5 Å². The lowest BCUT2D eigenvalue weighted by atomic mass is 10.1.